The smallest absolute Gasteiger partial charge is 0.255 e. The number of hydrogen-bond acceptors (Lipinski definition) is 3. The van der Waals surface area contributed by atoms with Crippen molar-refractivity contribution in [3.8, 4) is 11.5 Å². The summed E-state index contributed by atoms with van der Waals surface area (Å²) in [4.78, 5) is 16.1. The number of carbonyl (C=O) groups is 1. The van der Waals surface area contributed by atoms with E-state index in [1.165, 1.54) is 12.3 Å². The average Bonchev–Trinajstić information content (AvgIpc) is 2.56. The third kappa shape index (κ3) is 4.08. The summed E-state index contributed by atoms with van der Waals surface area (Å²) < 4.78 is 5.74. The number of anilines is 1. The van der Waals surface area contributed by atoms with E-state index < -0.39 is 0 Å². The molecule has 0 saturated heterocycles. The number of carbonyl (C=O) groups excluding carboxylic acids is 1. The molecule has 0 atom stereocenters. The summed E-state index contributed by atoms with van der Waals surface area (Å²) in [7, 11) is 0. The summed E-state index contributed by atoms with van der Waals surface area (Å²) in [5, 5.41) is 3.08. The van der Waals surface area contributed by atoms with Gasteiger partial charge >= 0.3 is 0 Å². The normalized spacial score (nSPS) is 10.1. The van der Waals surface area contributed by atoms with E-state index in [-0.39, 0.29) is 11.1 Å². The predicted octanol–water partition coefficient (Wildman–Crippen LogP) is 4.78. The summed E-state index contributed by atoms with van der Waals surface area (Å²) in [5.41, 5.74) is 1.08. The molecule has 1 aromatic heterocycles. The molecular formula is C18H13ClN2O2. The topological polar surface area (TPSA) is 51.2 Å². The molecular weight excluding hydrogens is 312 g/mol. The van der Waals surface area contributed by atoms with Gasteiger partial charge in [-0.05, 0) is 36.4 Å². The van der Waals surface area contributed by atoms with Gasteiger partial charge in [-0.3, -0.25) is 4.79 Å². The van der Waals surface area contributed by atoms with E-state index in [1.807, 2.05) is 42.5 Å². The third-order valence-corrected chi connectivity index (χ3v) is 3.27. The second-order valence-corrected chi connectivity index (χ2v) is 5.15. The lowest BCUT2D eigenvalue weighted by Gasteiger charge is -2.09. The molecule has 2 aromatic carbocycles. The van der Waals surface area contributed by atoms with Gasteiger partial charge in [-0.1, -0.05) is 35.9 Å². The number of benzene rings is 2. The molecule has 114 valence electrons. The molecule has 0 aliphatic carbocycles. The number of nitrogens with zero attached hydrogens (tertiary/aromatic N) is 1. The van der Waals surface area contributed by atoms with Crippen molar-refractivity contribution in [2.24, 2.45) is 0 Å². The van der Waals surface area contributed by atoms with Crippen LogP contribution in [0.1, 0.15) is 10.4 Å². The second kappa shape index (κ2) is 6.94. The van der Waals surface area contributed by atoms with Crippen LogP contribution in [0.4, 0.5) is 5.69 Å². The van der Waals surface area contributed by atoms with Crippen LogP contribution in [0, 0.1) is 0 Å². The van der Waals surface area contributed by atoms with Gasteiger partial charge in [-0.2, -0.15) is 0 Å². The number of ether oxygens (including phenoxy) is 1. The first-order valence-electron chi connectivity index (χ1n) is 6.96. The molecule has 0 aliphatic heterocycles. The number of halogens is 1. The van der Waals surface area contributed by atoms with Crippen LogP contribution in [-0.2, 0) is 0 Å². The van der Waals surface area contributed by atoms with E-state index in [1.54, 1.807) is 18.2 Å². The Morgan fingerprint density at radius 1 is 0.957 bits per heavy atom. The molecule has 5 heteroatoms. The monoisotopic (exact) mass is 324 g/mol. The molecule has 0 fully saturated rings. The molecule has 0 bridgehead atoms. The van der Waals surface area contributed by atoms with Gasteiger partial charge in [-0.25, -0.2) is 4.98 Å². The molecule has 0 radical (unpaired) electrons. The Kier molecular flexibility index (Phi) is 4.54. The minimum absolute atomic E-state index is 0.258. The van der Waals surface area contributed by atoms with Crippen LogP contribution in [0.15, 0.2) is 72.9 Å². The zero-order chi connectivity index (χ0) is 16.1. The minimum Gasteiger partial charge on any atom is -0.457 e. The fourth-order valence-corrected chi connectivity index (χ4v) is 2.18. The number of hydrogen-bond donors (Lipinski definition) is 1. The molecule has 1 heterocycles. The van der Waals surface area contributed by atoms with Gasteiger partial charge in [0, 0.05) is 23.5 Å². The van der Waals surface area contributed by atoms with Crippen molar-refractivity contribution in [2.45, 2.75) is 0 Å². The van der Waals surface area contributed by atoms with Gasteiger partial charge < -0.3 is 10.1 Å². The standard InChI is InChI=1S/C18H13ClN2O2/c19-17-11-13(9-10-20-17)18(22)21-14-5-4-8-16(12-14)23-15-6-2-1-3-7-15/h1-12H,(H,21,22). The maximum atomic E-state index is 12.2. The number of para-hydroxylation sites is 1. The van der Waals surface area contributed by atoms with E-state index in [0.29, 0.717) is 17.0 Å². The van der Waals surface area contributed by atoms with Gasteiger partial charge in [-0.15, -0.1) is 0 Å². The van der Waals surface area contributed by atoms with Crippen molar-refractivity contribution in [1.29, 1.82) is 0 Å². The van der Waals surface area contributed by atoms with Crippen molar-refractivity contribution in [2.75, 3.05) is 5.32 Å². The van der Waals surface area contributed by atoms with Crippen molar-refractivity contribution < 1.29 is 9.53 Å². The number of nitrogens with one attached hydrogen (secondary N) is 1. The zero-order valence-corrected chi connectivity index (χ0v) is 12.8. The van der Waals surface area contributed by atoms with Crippen LogP contribution in [0.5, 0.6) is 11.5 Å². The van der Waals surface area contributed by atoms with E-state index in [4.69, 9.17) is 16.3 Å². The van der Waals surface area contributed by atoms with Gasteiger partial charge in [0.1, 0.15) is 16.7 Å². The van der Waals surface area contributed by atoms with Crippen molar-refractivity contribution >= 4 is 23.2 Å². The highest BCUT2D eigenvalue weighted by atomic mass is 35.5. The fourth-order valence-electron chi connectivity index (χ4n) is 2.01. The third-order valence-electron chi connectivity index (χ3n) is 3.06. The molecule has 0 aliphatic rings. The van der Waals surface area contributed by atoms with Crippen molar-refractivity contribution in [3.05, 3.63) is 83.6 Å². The summed E-state index contributed by atoms with van der Waals surface area (Å²) >= 11 is 5.80. The summed E-state index contributed by atoms with van der Waals surface area (Å²) in [6.45, 7) is 0. The van der Waals surface area contributed by atoms with Crippen LogP contribution >= 0.6 is 11.6 Å². The van der Waals surface area contributed by atoms with E-state index >= 15 is 0 Å². The summed E-state index contributed by atoms with van der Waals surface area (Å²) in [5.74, 6) is 1.12. The lowest BCUT2D eigenvalue weighted by molar-refractivity contribution is 0.102. The SMILES string of the molecule is O=C(Nc1cccc(Oc2ccccc2)c1)c1ccnc(Cl)c1. The lowest BCUT2D eigenvalue weighted by Crippen LogP contribution is -2.11. The Balaban J connectivity index is 1.74. The first kappa shape index (κ1) is 15.1. The Labute approximate surface area is 138 Å². The first-order valence-corrected chi connectivity index (χ1v) is 7.34. The van der Waals surface area contributed by atoms with Crippen molar-refractivity contribution in [1.82, 2.24) is 4.98 Å². The lowest BCUT2D eigenvalue weighted by atomic mass is 10.2. The predicted molar refractivity (Wildman–Crippen MR) is 90.2 cm³/mol. The maximum absolute atomic E-state index is 12.2. The van der Waals surface area contributed by atoms with Crippen molar-refractivity contribution in [3.63, 3.8) is 0 Å². The minimum atomic E-state index is -0.258. The number of rotatable bonds is 4. The fraction of sp³-hybridized carbons (Fsp3) is 0. The highest BCUT2D eigenvalue weighted by Gasteiger charge is 2.07. The van der Waals surface area contributed by atoms with Gasteiger partial charge in [0.15, 0.2) is 0 Å². The molecule has 1 amide bonds. The Morgan fingerprint density at radius 3 is 2.52 bits per heavy atom. The van der Waals surface area contributed by atoms with Crippen LogP contribution in [0.2, 0.25) is 5.15 Å². The Morgan fingerprint density at radius 2 is 1.74 bits per heavy atom. The van der Waals surface area contributed by atoms with E-state index in [0.717, 1.165) is 5.75 Å². The second-order valence-electron chi connectivity index (χ2n) is 4.76. The van der Waals surface area contributed by atoms with Crippen LogP contribution in [0.25, 0.3) is 0 Å². The average molecular weight is 325 g/mol. The van der Waals surface area contributed by atoms with E-state index in [9.17, 15) is 4.79 Å². The molecule has 0 spiro atoms. The van der Waals surface area contributed by atoms with E-state index in [2.05, 4.69) is 10.3 Å². The Hall–Kier alpha value is -2.85. The van der Waals surface area contributed by atoms with Gasteiger partial charge in [0.05, 0.1) is 0 Å². The quantitative estimate of drug-likeness (QED) is 0.703. The van der Waals surface area contributed by atoms with Gasteiger partial charge in [0.25, 0.3) is 5.91 Å². The maximum Gasteiger partial charge on any atom is 0.255 e. The molecule has 3 aromatic rings. The zero-order valence-electron chi connectivity index (χ0n) is 12.1. The number of amides is 1. The highest BCUT2D eigenvalue weighted by Crippen LogP contribution is 2.24. The summed E-state index contributed by atoms with van der Waals surface area (Å²) in [6.07, 6.45) is 1.49. The molecule has 0 unspecified atom stereocenters. The molecule has 4 nitrogen and oxygen atoms in total. The Bertz CT molecular complexity index is 822. The highest BCUT2D eigenvalue weighted by molar-refractivity contribution is 6.29. The van der Waals surface area contributed by atoms with Crippen LogP contribution < -0.4 is 10.1 Å². The molecule has 3 rings (SSSR count). The van der Waals surface area contributed by atoms with Gasteiger partial charge in [0.2, 0.25) is 0 Å². The molecule has 1 N–H and O–H groups in total. The largest absolute Gasteiger partial charge is 0.457 e. The first-order chi connectivity index (χ1) is 11.2. The number of pyridine rings is 1. The molecule has 23 heavy (non-hydrogen) atoms. The number of aromatic nitrogens is 1. The summed E-state index contributed by atoms with van der Waals surface area (Å²) in [6, 6.07) is 19.7. The van der Waals surface area contributed by atoms with Crippen LogP contribution in [0.3, 0.4) is 0 Å². The molecule has 0 saturated carbocycles. The van der Waals surface area contributed by atoms with Crippen LogP contribution in [-0.4, -0.2) is 10.9 Å².